The number of rotatable bonds is 4. The molecule has 0 aromatic carbocycles. The third-order valence-electron chi connectivity index (χ3n) is 5.54. The molecule has 2 aliphatic rings. The van der Waals surface area contributed by atoms with Gasteiger partial charge in [-0.15, -0.1) is 0 Å². The summed E-state index contributed by atoms with van der Waals surface area (Å²) >= 11 is 0. The Balaban J connectivity index is 1.70. The number of carbonyl (C=O) groups excluding carboxylic acids is 2. The minimum atomic E-state index is -0.304. The molecule has 2 fully saturated rings. The molecule has 24 heavy (non-hydrogen) atoms. The van der Waals surface area contributed by atoms with Gasteiger partial charge in [0.15, 0.2) is 0 Å². The number of piperazine rings is 1. The predicted molar refractivity (Wildman–Crippen MR) is 91.5 cm³/mol. The quantitative estimate of drug-likeness (QED) is 0.883. The van der Waals surface area contributed by atoms with E-state index >= 15 is 0 Å². The Morgan fingerprint density at radius 2 is 2.00 bits per heavy atom. The van der Waals surface area contributed by atoms with E-state index in [0.29, 0.717) is 25.4 Å². The van der Waals surface area contributed by atoms with E-state index in [2.05, 4.69) is 15.5 Å². The second kappa shape index (κ2) is 7.36. The number of carbonyl (C=O) groups is 2. The van der Waals surface area contributed by atoms with Crippen molar-refractivity contribution in [1.82, 2.24) is 20.4 Å². The number of hydrogen-bond acceptors (Lipinski definition) is 3. The highest BCUT2D eigenvalue weighted by Gasteiger charge is 2.35. The molecule has 6 heteroatoms. The fraction of sp³-hybridized carbons (Fsp3) is 0.722. The maximum absolute atomic E-state index is 12.9. The van der Waals surface area contributed by atoms with E-state index in [0.717, 1.165) is 23.4 Å². The lowest BCUT2D eigenvalue weighted by molar-refractivity contribution is -0.143. The maximum atomic E-state index is 12.9. The first kappa shape index (κ1) is 17.0. The van der Waals surface area contributed by atoms with Crippen LogP contribution in [0.3, 0.4) is 0 Å². The lowest BCUT2D eigenvalue weighted by Gasteiger charge is -2.37. The largest absolute Gasteiger partial charge is 0.353 e. The molecular formula is C18H28N4O2. The highest BCUT2D eigenvalue weighted by molar-refractivity contribution is 5.89. The molecule has 0 spiro atoms. The van der Waals surface area contributed by atoms with Crippen LogP contribution in [0, 0.1) is 19.8 Å². The summed E-state index contributed by atoms with van der Waals surface area (Å²) in [5.41, 5.74) is 2.76. The Labute approximate surface area is 143 Å². The molecule has 1 atom stereocenters. The van der Waals surface area contributed by atoms with Gasteiger partial charge >= 0.3 is 0 Å². The van der Waals surface area contributed by atoms with Crippen molar-refractivity contribution in [3.05, 3.63) is 17.0 Å². The van der Waals surface area contributed by atoms with E-state index < -0.39 is 0 Å². The van der Waals surface area contributed by atoms with Crippen LogP contribution in [0.5, 0.6) is 0 Å². The van der Waals surface area contributed by atoms with Gasteiger partial charge in [0.25, 0.3) is 0 Å². The summed E-state index contributed by atoms with van der Waals surface area (Å²) in [5.74, 6) is 0.624. The molecule has 3 rings (SSSR count). The monoisotopic (exact) mass is 332 g/mol. The van der Waals surface area contributed by atoms with Gasteiger partial charge in [0.05, 0.1) is 12.1 Å². The van der Waals surface area contributed by atoms with Gasteiger partial charge in [0.1, 0.15) is 6.04 Å². The fourth-order valence-corrected chi connectivity index (χ4v) is 4.07. The summed E-state index contributed by atoms with van der Waals surface area (Å²) in [7, 11) is 0. The van der Waals surface area contributed by atoms with Crippen LogP contribution < -0.4 is 5.32 Å². The average molecular weight is 332 g/mol. The lowest BCUT2D eigenvalue weighted by atomic mass is 9.84. The molecule has 6 nitrogen and oxygen atoms in total. The first-order valence-corrected chi connectivity index (χ1v) is 9.14. The molecule has 2 heterocycles. The number of H-pyrrole nitrogens is 1. The molecule has 1 saturated carbocycles. The van der Waals surface area contributed by atoms with Crippen molar-refractivity contribution in [2.24, 2.45) is 5.92 Å². The van der Waals surface area contributed by atoms with Crippen LogP contribution in [-0.2, 0) is 16.0 Å². The van der Waals surface area contributed by atoms with Crippen molar-refractivity contribution < 1.29 is 9.59 Å². The van der Waals surface area contributed by atoms with Crippen LogP contribution in [0.15, 0.2) is 0 Å². The van der Waals surface area contributed by atoms with Crippen LogP contribution in [0.25, 0.3) is 0 Å². The highest BCUT2D eigenvalue weighted by atomic mass is 16.2. The Morgan fingerprint density at radius 3 is 2.67 bits per heavy atom. The zero-order valence-corrected chi connectivity index (χ0v) is 14.7. The molecule has 1 aliphatic heterocycles. The maximum Gasteiger partial charge on any atom is 0.242 e. The van der Waals surface area contributed by atoms with Gasteiger partial charge in [-0.3, -0.25) is 14.7 Å². The molecule has 2 amide bonds. The summed E-state index contributed by atoms with van der Waals surface area (Å²) in [6.07, 6.45) is 7.30. The predicted octanol–water partition coefficient (Wildman–Crippen LogP) is 1.87. The molecule has 1 aromatic heterocycles. The van der Waals surface area contributed by atoms with Gasteiger partial charge in [-0.25, -0.2) is 0 Å². The van der Waals surface area contributed by atoms with Gasteiger partial charge in [0.2, 0.25) is 11.8 Å². The molecule has 0 radical (unpaired) electrons. The fourth-order valence-electron chi connectivity index (χ4n) is 4.07. The third kappa shape index (κ3) is 3.62. The van der Waals surface area contributed by atoms with Gasteiger partial charge in [-0.05, 0) is 26.2 Å². The number of nitrogens with one attached hydrogen (secondary N) is 2. The second-order valence-corrected chi connectivity index (χ2v) is 7.22. The minimum absolute atomic E-state index is 0.0146. The van der Waals surface area contributed by atoms with E-state index in [-0.39, 0.29) is 17.9 Å². The number of aromatic amines is 1. The highest BCUT2D eigenvalue weighted by Crippen LogP contribution is 2.29. The summed E-state index contributed by atoms with van der Waals surface area (Å²) in [6, 6.07) is -0.304. The smallest absolute Gasteiger partial charge is 0.242 e. The standard InChI is InChI=1S/C18H28N4O2/c1-12-15(13(2)21-20-12)11-17(23)22-9-8-19-18(24)16(22)10-14-6-4-3-5-7-14/h14,16H,3-11H2,1-2H3,(H,19,24)(H,20,21)/t16-/m1/s1. The first-order valence-electron chi connectivity index (χ1n) is 9.14. The molecule has 1 saturated heterocycles. The zero-order chi connectivity index (χ0) is 17.1. The van der Waals surface area contributed by atoms with Crippen molar-refractivity contribution in [2.75, 3.05) is 13.1 Å². The Bertz CT molecular complexity index is 585. The molecule has 0 bridgehead atoms. The van der Waals surface area contributed by atoms with Gasteiger partial charge in [-0.1, -0.05) is 32.1 Å². The van der Waals surface area contributed by atoms with Crippen molar-refractivity contribution in [1.29, 1.82) is 0 Å². The van der Waals surface area contributed by atoms with Crippen molar-refractivity contribution in [3.8, 4) is 0 Å². The van der Waals surface area contributed by atoms with Crippen LogP contribution in [0.2, 0.25) is 0 Å². The Kier molecular flexibility index (Phi) is 5.21. The van der Waals surface area contributed by atoms with E-state index in [1.54, 1.807) is 4.90 Å². The zero-order valence-electron chi connectivity index (χ0n) is 14.7. The van der Waals surface area contributed by atoms with Crippen molar-refractivity contribution in [2.45, 2.75) is 64.8 Å². The van der Waals surface area contributed by atoms with Crippen LogP contribution in [0.4, 0.5) is 0 Å². The van der Waals surface area contributed by atoms with Crippen molar-refractivity contribution >= 4 is 11.8 Å². The van der Waals surface area contributed by atoms with Crippen LogP contribution in [0.1, 0.15) is 55.5 Å². The van der Waals surface area contributed by atoms with Crippen molar-refractivity contribution in [3.63, 3.8) is 0 Å². The van der Waals surface area contributed by atoms with E-state index in [1.807, 2.05) is 13.8 Å². The molecule has 1 aliphatic carbocycles. The van der Waals surface area contributed by atoms with E-state index in [9.17, 15) is 9.59 Å². The van der Waals surface area contributed by atoms with Crippen LogP contribution in [-0.4, -0.2) is 46.0 Å². The van der Waals surface area contributed by atoms with Gasteiger partial charge in [0, 0.05) is 24.3 Å². The molecule has 2 N–H and O–H groups in total. The molecular weight excluding hydrogens is 304 g/mol. The first-order chi connectivity index (χ1) is 11.6. The summed E-state index contributed by atoms with van der Waals surface area (Å²) in [5, 5.41) is 10.0. The normalized spacial score (nSPS) is 22.5. The number of aromatic nitrogens is 2. The minimum Gasteiger partial charge on any atom is -0.353 e. The lowest BCUT2D eigenvalue weighted by Crippen LogP contribution is -2.58. The SMILES string of the molecule is Cc1n[nH]c(C)c1CC(=O)N1CCNC(=O)[C@H]1CC1CCCCC1. The summed E-state index contributed by atoms with van der Waals surface area (Å²) < 4.78 is 0. The second-order valence-electron chi connectivity index (χ2n) is 7.22. The van der Waals surface area contributed by atoms with E-state index in [1.165, 1.54) is 32.1 Å². The van der Waals surface area contributed by atoms with Crippen LogP contribution >= 0.6 is 0 Å². The Morgan fingerprint density at radius 1 is 1.25 bits per heavy atom. The van der Waals surface area contributed by atoms with Gasteiger partial charge < -0.3 is 10.2 Å². The Hall–Kier alpha value is -1.85. The topological polar surface area (TPSA) is 78.1 Å². The molecule has 132 valence electrons. The van der Waals surface area contributed by atoms with Gasteiger partial charge in [-0.2, -0.15) is 5.10 Å². The van der Waals surface area contributed by atoms with E-state index in [4.69, 9.17) is 0 Å². The summed E-state index contributed by atoms with van der Waals surface area (Å²) in [6.45, 7) is 5.01. The number of amides is 2. The third-order valence-corrected chi connectivity index (χ3v) is 5.54. The number of nitrogens with zero attached hydrogens (tertiary/aromatic N) is 2. The molecule has 1 aromatic rings. The molecule has 0 unspecified atom stereocenters. The average Bonchev–Trinajstić information content (AvgIpc) is 2.89. The number of aryl methyl sites for hydroxylation is 2. The summed E-state index contributed by atoms with van der Waals surface area (Å²) in [4.78, 5) is 27.1. The number of hydrogen-bond donors (Lipinski definition) is 2.